The molecular weight excluding hydrogens is 218 g/mol. The van der Waals surface area contributed by atoms with Crippen molar-refractivity contribution in [2.45, 2.75) is 19.3 Å². The zero-order valence-corrected chi connectivity index (χ0v) is 9.99. The van der Waals surface area contributed by atoms with Crippen molar-refractivity contribution in [3.05, 3.63) is 29.3 Å². The van der Waals surface area contributed by atoms with Gasteiger partial charge in [0.05, 0.1) is 13.7 Å². The minimum absolute atomic E-state index is 0.383. The molecule has 1 aromatic rings. The first kappa shape index (κ1) is 11.8. The highest BCUT2D eigenvalue weighted by Crippen LogP contribution is 2.25. The zero-order valence-electron chi connectivity index (χ0n) is 9.99. The molecule has 0 saturated heterocycles. The monoisotopic (exact) mass is 235 g/mol. The molecule has 0 unspecified atom stereocenters. The Balaban J connectivity index is 1.91. The molecule has 2 rings (SSSR count). The molecule has 0 saturated carbocycles. The van der Waals surface area contributed by atoms with Crippen LogP contribution in [0.2, 0.25) is 0 Å². The molecule has 0 radical (unpaired) electrons. The molecule has 1 aromatic carbocycles. The van der Waals surface area contributed by atoms with Gasteiger partial charge in [0, 0.05) is 6.54 Å². The fourth-order valence-electron chi connectivity index (χ4n) is 1.95. The molecule has 1 aliphatic rings. The fourth-order valence-corrected chi connectivity index (χ4v) is 1.95. The number of methoxy groups -OCH3 is 1. The van der Waals surface area contributed by atoms with Crippen molar-refractivity contribution in [1.29, 1.82) is 0 Å². The maximum absolute atomic E-state index is 10.9. The van der Waals surface area contributed by atoms with Gasteiger partial charge < -0.3 is 14.8 Å². The molecule has 0 aliphatic carbocycles. The topological polar surface area (TPSA) is 47.6 Å². The second-order valence-electron chi connectivity index (χ2n) is 4.06. The van der Waals surface area contributed by atoms with Crippen molar-refractivity contribution in [3.63, 3.8) is 0 Å². The summed E-state index contributed by atoms with van der Waals surface area (Å²) in [6, 6.07) is 6.22. The highest BCUT2D eigenvalue weighted by Gasteiger charge is 2.10. The van der Waals surface area contributed by atoms with Gasteiger partial charge in [-0.3, -0.25) is 0 Å². The molecule has 4 heteroatoms. The number of ether oxygens (including phenoxy) is 2. The normalized spacial score (nSPS) is 13.5. The number of nitrogens with one attached hydrogen (secondary N) is 1. The lowest BCUT2D eigenvalue weighted by Gasteiger charge is -2.17. The Kier molecular flexibility index (Phi) is 3.85. The lowest BCUT2D eigenvalue weighted by Crippen LogP contribution is -2.25. The van der Waals surface area contributed by atoms with Crippen molar-refractivity contribution in [3.8, 4) is 5.75 Å². The van der Waals surface area contributed by atoms with Crippen LogP contribution in [0, 0.1) is 0 Å². The molecule has 0 bridgehead atoms. The predicted octanol–water partition coefficient (Wildman–Crippen LogP) is 1.91. The Morgan fingerprint density at radius 2 is 2.41 bits per heavy atom. The summed E-state index contributed by atoms with van der Waals surface area (Å²) >= 11 is 0. The number of hydrogen-bond donors (Lipinski definition) is 1. The first-order chi connectivity index (χ1) is 8.29. The number of benzene rings is 1. The van der Waals surface area contributed by atoms with Crippen molar-refractivity contribution in [1.82, 2.24) is 5.32 Å². The van der Waals surface area contributed by atoms with E-state index in [4.69, 9.17) is 4.74 Å². The number of carbonyl (C=O) groups is 1. The molecule has 1 amide bonds. The van der Waals surface area contributed by atoms with Crippen LogP contribution in [0.15, 0.2) is 18.2 Å². The molecule has 1 heterocycles. The molecule has 17 heavy (non-hydrogen) atoms. The van der Waals surface area contributed by atoms with Gasteiger partial charge in [0.25, 0.3) is 0 Å². The predicted molar refractivity (Wildman–Crippen MR) is 64.4 cm³/mol. The van der Waals surface area contributed by atoms with Crippen molar-refractivity contribution >= 4 is 6.09 Å². The van der Waals surface area contributed by atoms with Gasteiger partial charge >= 0.3 is 6.09 Å². The second-order valence-corrected chi connectivity index (χ2v) is 4.06. The third-order valence-electron chi connectivity index (χ3n) is 2.84. The van der Waals surface area contributed by atoms with E-state index in [1.165, 1.54) is 18.2 Å². The van der Waals surface area contributed by atoms with Crippen LogP contribution in [-0.4, -0.2) is 26.4 Å². The van der Waals surface area contributed by atoms with E-state index in [1.807, 2.05) is 12.1 Å². The number of alkyl carbamates (subject to hydrolysis) is 1. The van der Waals surface area contributed by atoms with Crippen LogP contribution >= 0.6 is 0 Å². The SMILES string of the molecule is COC(=O)NCCc1ccc2c(c1)CCCO2. The van der Waals surface area contributed by atoms with Gasteiger partial charge in [-0.1, -0.05) is 12.1 Å². The average Bonchev–Trinajstić information content (AvgIpc) is 2.38. The number of amides is 1. The summed E-state index contributed by atoms with van der Waals surface area (Å²) in [4.78, 5) is 10.9. The third kappa shape index (κ3) is 3.12. The largest absolute Gasteiger partial charge is 0.493 e. The fraction of sp³-hybridized carbons (Fsp3) is 0.462. The number of hydrogen-bond acceptors (Lipinski definition) is 3. The van der Waals surface area contributed by atoms with Crippen molar-refractivity contribution in [2.24, 2.45) is 0 Å². The molecule has 1 N–H and O–H groups in total. The summed E-state index contributed by atoms with van der Waals surface area (Å²) in [7, 11) is 1.37. The van der Waals surface area contributed by atoms with E-state index < -0.39 is 0 Å². The average molecular weight is 235 g/mol. The Bertz CT molecular complexity index is 404. The molecule has 1 aliphatic heterocycles. The van der Waals surface area contributed by atoms with Gasteiger partial charge in [0.15, 0.2) is 0 Å². The summed E-state index contributed by atoms with van der Waals surface area (Å²) in [5.74, 6) is 1.00. The quantitative estimate of drug-likeness (QED) is 0.870. The van der Waals surface area contributed by atoms with E-state index in [-0.39, 0.29) is 6.09 Å². The van der Waals surface area contributed by atoms with Crippen LogP contribution in [0.4, 0.5) is 4.79 Å². The highest BCUT2D eigenvalue weighted by molar-refractivity contribution is 5.66. The van der Waals surface area contributed by atoms with E-state index in [1.54, 1.807) is 0 Å². The van der Waals surface area contributed by atoms with E-state index in [9.17, 15) is 4.79 Å². The summed E-state index contributed by atoms with van der Waals surface area (Å²) in [5, 5.41) is 2.67. The maximum Gasteiger partial charge on any atom is 0.406 e. The Hall–Kier alpha value is -1.71. The van der Waals surface area contributed by atoms with Crippen LogP contribution in [0.5, 0.6) is 5.75 Å². The summed E-state index contributed by atoms with van der Waals surface area (Å²) in [5.41, 5.74) is 2.48. The van der Waals surface area contributed by atoms with Crippen LogP contribution in [0.3, 0.4) is 0 Å². The molecule has 92 valence electrons. The Morgan fingerprint density at radius 1 is 1.53 bits per heavy atom. The summed E-state index contributed by atoms with van der Waals surface area (Å²) in [6.07, 6.45) is 2.58. The lowest BCUT2D eigenvalue weighted by molar-refractivity contribution is 0.171. The van der Waals surface area contributed by atoms with Crippen LogP contribution in [0.25, 0.3) is 0 Å². The number of fused-ring (bicyclic) bond motifs is 1. The Morgan fingerprint density at radius 3 is 3.24 bits per heavy atom. The molecule has 0 spiro atoms. The molecule has 0 aromatic heterocycles. The maximum atomic E-state index is 10.9. The smallest absolute Gasteiger partial charge is 0.406 e. The van der Waals surface area contributed by atoms with E-state index in [0.29, 0.717) is 6.54 Å². The van der Waals surface area contributed by atoms with Crippen LogP contribution < -0.4 is 10.1 Å². The van der Waals surface area contributed by atoms with E-state index in [0.717, 1.165) is 31.6 Å². The number of rotatable bonds is 3. The zero-order chi connectivity index (χ0) is 12.1. The van der Waals surface area contributed by atoms with Crippen LogP contribution in [0.1, 0.15) is 17.5 Å². The molecule has 4 nitrogen and oxygen atoms in total. The van der Waals surface area contributed by atoms with Crippen molar-refractivity contribution in [2.75, 3.05) is 20.3 Å². The molecule has 0 fully saturated rings. The number of carbonyl (C=O) groups excluding carboxylic acids is 1. The van der Waals surface area contributed by atoms with Gasteiger partial charge in [-0.25, -0.2) is 4.79 Å². The molecular formula is C13H17NO3. The minimum atomic E-state index is -0.383. The second kappa shape index (κ2) is 5.57. The van der Waals surface area contributed by atoms with Gasteiger partial charge in [0.2, 0.25) is 0 Å². The van der Waals surface area contributed by atoms with Gasteiger partial charge in [-0.05, 0) is 36.5 Å². The first-order valence-electron chi connectivity index (χ1n) is 5.86. The summed E-state index contributed by atoms with van der Waals surface area (Å²) < 4.78 is 10.1. The van der Waals surface area contributed by atoms with Crippen LogP contribution in [-0.2, 0) is 17.6 Å². The van der Waals surface area contributed by atoms with Crippen molar-refractivity contribution < 1.29 is 14.3 Å². The van der Waals surface area contributed by atoms with E-state index >= 15 is 0 Å². The summed E-state index contributed by atoms with van der Waals surface area (Å²) in [6.45, 7) is 1.41. The first-order valence-corrected chi connectivity index (χ1v) is 5.86. The van der Waals surface area contributed by atoms with Gasteiger partial charge in [-0.2, -0.15) is 0 Å². The molecule has 0 atom stereocenters. The highest BCUT2D eigenvalue weighted by atomic mass is 16.5. The van der Waals surface area contributed by atoms with E-state index in [2.05, 4.69) is 16.1 Å². The van der Waals surface area contributed by atoms with Gasteiger partial charge in [-0.15, -0.1) is 0 Å². The third-order valence-corrected chi connectivity index (χ3v) is 2.84. The van der Waals surface area contributed by atoms with Gasteiger partial charge in [0.1, 0.15) is 5.75 Å². The Labute approximate surface area is 101 Å². The lowest BCUT2D eigenvalue weighted by atomic mass is 10.0. The minimum Gasteiger partial charge on any atom is -0.493 e. The standard InChI is InChI=1S/C13H17NO3/c1-16-13(15)14-7-6-10-4-5-12-11(9-10)3-2-8-17-12/h4-5,9H,2-3,6-8H2,1H3,(H,14,15). The number of aryl methyl sites for hydroxylation is 1.